The number of benzene rings is 1. The molecule has 1 aromatic heterocycles. The van der Waals surface area contributed by atoms with Gasteiger partial charge in [-0.15, -0.1) is 10.2 Å². The van der Waals surface area contributed by atoms with Crippen molar-refractivity contribution in [3.8, 4) is 0 Å². The van der Waals surface area contributed by atoms with Gasteiger partial charge in [0.2, 0.25) is 0 Å². The molecule has 2 aromatic rings. The molecular weight excluding hydrogens is 333 g/mol. The SMILES string of the molecule is O=S(=O)(Nc1ccc(Cl)nn1)c1ccc(Cl)c(Cl)c1. The predicted molar refractivity (Wildman–Crippen MR) is 74.3 cm³/mol. The summed E-state index contributed by atoms with van der Waals surface area (Å²) in [6, 6.07) is 6.78. The number of rotatable bonds is 3. The first-order chi connectivity index (χ1) is 8.88. The predicted octanol–water partition coefficient (Wildman–Crippen LogP) is 3.24. The Bertz CT molecular complexity index is 704. The van der Waals surface area contributed by atoms with Crippen LogP contribution in [0.15, 0.2) is 35.2 Å². The summed E-state index contributed by atoms with van der Waals surface area (Å²) in [5.74, 6) is 0.0514. The van der Waals surface area contributed by atoms with Crippen molar-refractivity contribution in [3.05, 3.63) is 45.5 Å². The van der Waals surface area contributed by atoms with Crippen LogP contribution in [0.5, 0.6) is 0 Å². The molecule has 0 aliphatic carbocycles. The van der Waals surface area contributed by atoms with Gasteiger partial charge in [-0.05, 0) is 30.3 Å². The summed E-state index contributed by atoms with van der Waals surface area (Å²) in [4.78, 5) is -0.0290. The molecule has 0 amide bonds. The van der Waals surface area contributed by atoms with Crippen molar-refractivity contribution in [2.24, 2.45) is 0 Å². The smallest absolute Gasteiger partial charge is 0.262 e. The average Bonchev–Trinajstić information content (AvgIpc) is 2.35. The van der Waals surface area contributed by atoms with E-state index in [-0.39, 0.29) is 25.9 Å². The van der Waals surface area contributed by atoms with Gasteiger partial charge in [0.1, 0.15) is 0 Å². The lowest BCUT2D eigenvalue weighted by Crippen LogP contribution is -2.14. The van der Waals surface area contributed by atoms with Gasteiger partial charge in [-0.25, -0.2) is 8.42 Å². The van der Waals surface area contributed by atoms with E-state index < -0.39 is 10.0 Å². The number of anilines is 1. The summed E-state index contributed by atoms with van der Waals surface area (Å²) >= 11 is 17.1. The van der Waals surface area contributed by atoms with Gasteiger partial charge in [0, 0.05) is 0 Å². The van der Waals surface area contributed by atoms with Crippen LogP contribution >= 0.6 is 34.8 Å². The third-order valence-electron chi connectivity index (χ3n) is 2.07. The Balaban J connectivity index is 2.32. The quantitative estimate of drug-likeness (QED) is 0.932. The van der Waals surface area contributed by atoms with Crippen LogP contribution < -0.4 is 4.72 Å². The summed E-state index contributed by atoms with van der Waals surface area (Å²) < 4.78 is 26.3. The second kappa shape index (κ2) is 5.50. The first-order valence-corrected chi connectivity index (χ1v) is 7.47. The van der Waals surface area contributed by atoms with E-state index in [1.54, 1.807) is 0 Å². The third kappa shape index (κ3) is 3.48. The highest BCUT2D eigenvalue weighted by molar-refractivity contribution is 7.92. The van der Waals surface area contributed by atoms with Crippen LogP contribution in [0.1, 0.15) is 0 Å². The lowest BCUT2D eigenvalue weighted by molar-refractivity contribution is 0.601. The Hall–Kier alpha value is -1.08. The van der Waals surface area contributed by atoms with E-state index in [0.717, 1.165) is 0 Å². The second-order valence-electron chi connectivity index (χ2n) is 3.42. The zero-order valence-electron chi connectivity index (χ0n) is 9.14. The summed E-state index contributed by atoms with van der Waals surface area (Å²) in [5, 5.41) is 7.71. The van der Waals surface area contributed by atoms with Crippen LogP contribution in [0.25, 0.3) is 0 Å². The van der Waals surface area contributed by atoms with Crippen molar-refractivity contribution in [3.63, 3.8) is 0 Å². The minimum Gasteiger partial charge on any atom is -0.262 e. The number of nitrogens with one attached hydrogen (secondary N) is 1. The molecule has 0 radical (unpaired) electrons. The van der Waals surface area contributed by atoms with Crippen molar-refractivity contribution < 1.29 is 8.42 Å². The maximum Gasteiger partial charge on any atom is 0.263 e. The lowest BCUT2D eigenvalue weighted by atomic mass is 10.4. The van der Waals surface area contributed by atoms with E-state index in [0.29, 0.717) is 0 Å². The number of hydrogen-bond donors (Lipinski definition) is 1. The fourth-order valence-corrected chi connectivity index (χ4v) is 2.70. The standard InChI is InChI=1S/C10H6Cl3N3O2S/c11-7-2-1-6(5-8(7)12)19(17,18)16-10-4-3-9(13)14-15-10/h1-5H,(H,15,16). The molecule has 1 heterocycles. The molecule has 5 nitrogen and oxygen atoms in total. The molecule has 100 valence electrons. The van der Waals surface area contributed by atoms with Crippen LogP contribution in [-0.2, 0) is 10.0 Å². The Morgan fingerprint density at radius 3 is 2.26 bits per heavy atom. The number of halogens is 3. The molecule has 0 saturated heterocycles. The largest absolute Gasteiger partial charge is 0.263 e. The van der Waals surface area contributed by atoms with Gasteiger partial charge in [0.15, 0.2) is 11.0 Å². The fourth-order valence-electron chi connectivity index (χ4n) is 1.21. The third-order valence-corrected chi connectivity index (χ3v) is 4.37. The monoisotopic (exact) mass is 337 g/mol. The molecule has 1 aromatic carbocycles. The van der Waals surface area contributed by atoms with Gasteiger partial charge in [0.25, 0.3) is 10.0 Å². The van der Waals surface area contributed by atoms with Crippen molar-refractivity contribution in [2.45, 2.75) is 4.90 Å². The Morgan fingerprint density at radius 2 is 1.68 bits per heavy atom. The van der Waals surface area contributed by atoms with E-state index >= 15 is 0 Å². The molecule has 0 saturated carbocycles. The van der Waals surface area contributed by atoms with E-state index in [4.69, 9.17) is 34.8 Å². The summed E-state index contributed by atoms with van der Waals surface area (Å²) in [7, 11) is -3.80. The molecule has 0 fully saturated rings. The molecule has 0 bridgehead atoms. The van der Waals surface area contributed by atoms with E-state index in [2.05, 4.69) is 14.9 Å². The maximum atomic E-state index is 12.0. The Kier molecular flexibility index (Phi) is 4.15. The van der Waals surface area contributed by atoms with Crippen molar-refractivity contribution in [1.29, 1.82) is 0 Å². The second-order valence-corrected chi connectivity index (χ2v) is 6.31. The first-order valence-electron chi connectivity index (χ1n) is 4.85. The summed E-state index contributed by atoms with van der Waals surface area (Å²) in [6.07, 6.45) is 0. The topological polar surface area (TPSA) is 72.0 Å². The van der Waals surface area contributed by atoms with Crippen molar-refractivity contribution >= 4 is 50.6 Å². The molecule has 1 N–H and O–H groups in total. The number of sulfonamides is 1. The van der Waals surface area contributed by atoms with Crippen LogP contribution in [0.3, 0.4) is 0 Å². The van der Waals surface area contributed by atoms with Gasteiger partial charge in [-0.1, -0.05) is 34.8 Å². The maximum absolute atomic E-state index is 12.0. The van der Waals surface area contributed by atoms with E-state index in [1.807, 2.05) is 0 Å². The molecule has 9 heteroatoms. The molecule has 0 spiro atoms. The van der Waals surface area contributed by atoms with Crippen LogP contribution in [0, 0.1) is 0 Å². The minimum absolute atomic E-state index is 0.0290. The van der Waals surface area contributed by atoms with Crippen LogP contribution in [0.4, 0.5) is 5.82 Å². The average molecular weight is 339 g/mol. The van der Waals surface area contributed by atoms with Crippen LogP contribution in [-0.4, -0.2) is 18.6 Å². The summed E-state index contributed by atoms with van der Waals surface area (Å²) in [6.45, 7) is 0. The number of aromatic nitrogens is 2. The summed E-state index contributed by atoms with van der Waals surface area (Å²) in [5.41, 5.74) is 0. The zero-order valence-corrected chi connectivity index (χ0v) is 12.2. The highest BCUT2D eigenvalue weighted by Gasteiger charge is 2.16. The van der Waals surface area contributed by atoms with Crippen molar-refractivity contribution in [1.82, 2.24) is 10.2 Å². The molecule has 0 atom stereocenters. The Labute approximate surface area is 124 Å². The van der Waals surface area contributed by atoms with Gasteiger partial charge >= 0.3 is 0 Å². The highest BCUT2D eigenvalue weighted by Crippen LogP contribution is 2.25. The van der Waals surface area contributed by atoms with E-state index in [1.165, 1.54) is 30.3 Å². The lowest BCUT2D eigenvalue weighted by Gasteiger charge is -2.07. The highest BCUT2D eigenvalue weighted by atomic mass is 35.5. The van der Waals surface area contributed by atoms with Gasteiger partial charge in [0.05, 0.1) is 14.9 Å². The fraction of sp³-hybridized carbons (Fsp3) is 0. The molecule has 0 aliphatic rings. The molecule has 0 aliphatic heterocycles. The molecular formula is C10H6Cl3N3O2S. The zero-order chi connectivity index (χ0) is 14.0. The number of nitrogens with zero attached hydrogens (tertiary/aromatic N) is 2. The minimum atomic E-state index is -3.80. The van der Waals surface area contributed by atoms with Gasteiger partial charge in [-0.3, -0.25) is 4.72 Å². The molecule has 19 heavy (non-hydrogen) atoms. The van der Waals surface area contributed by atoms with Gasteiger partial charge in [-0.2, -0.15) is 0 Å². The normalized spacial score (nSPS) is 11.3. The van der Waals surface area contributed by atoms with Crippen LogP contribution in [0.2, 0.25) is 15.2 Å². The molecule has 2 rings (SSSR count). The molecule has 0 unspecified atom stereocenters. The van der Waals surface area contributed by atoms with Gasteiger partial charge < -0.3 is 0 Å². The Morgan fingerprint density at radius 1 is 0.947 bits per heavy atom. The van der Waals surface area contributed by atoms with E-state index in [9.17, 15) is 8.42 Å². The first kappa shape index (κ1) is 14.3. The van der Waals surface area contributed by atoms with Crippen molar-refractivity contribution in [2.75, 3.05) is 4.72 Å². The number of hydrogen-bond acceptors (Lipinski definition) is 4.